The lowest BCUT2D eigenvalue weighted by atomic mass is 9.72. The van der Waals surface area contributed by atoms with Crippen molar-refractivity contribution >= 4 is 0 Å². The first kappa shape index (κ1) is 33.3. The normalized spacial score (nSPS) is 21.9. The van der Waals surface area contributed by atoms with E-state index in [1.165, 1.54) is 72.0 Å². The minimum absolute atomic E-state index is 0.291. The molecule has 0 unspecified atom stereocenters. The third-order valence-electron chi connectivity index (χ3n) is 8.38. The summed E-state index contributed by atoms with van der Waals surface area (Å²) in [5.74, 6) is 0. The summed E-state index contributed by atoms with van der Waals surface area (Å²) in [6.07, 6.45) is 38.4. The molecule has 0 bridgehead atoms. The number of rotatable bonds is 10. The molecule has 216 valence electrons. The van der Waals surface area contributed by atoms with E-state index in [4.69, 9.17) is 0 Å². The zero-order valence-corrected chi connectivity index (χ0v) is 27.3. The second-order valence-electron chi connectivity index (χ2n) is 13.3. The molecule has 0 heterocycles. The predicted molar refractivity (Wildman–Crippen MR) is 181 cm³/mol. The van der Waals surface area contributed by atoms with Gasteiger partial charge in [-0.25, -0.2) is 0 Å². The van der Waals surface area contributed by atoms with E-state index in [9.17, 15) is 0 Å². The quantitative estimate of drug-likeness (QED) is 0.244. The number of hydrogen-bond acceptors (Lipinski definition) is 0. The lowest BCUT2D eigenvalue weighted by Crippen LogP contribution is -2.19. The van der Waals surface area contributed by atoms with Gasteiger partial charge in [0.2, 0.25) is 0 Å². The van der Waals surface area contributed by atoms with Crippen LogP contribution in [0.5, 0.6) is 0 Å². The Morgan fingerprint density at radius 2 is 0.825 bits per heavy atom. The fourth-order valence-corrected chi connectivity index (χ4v) is 5.79. The molecule has 0 N–H and O–H groups in total. The molecule has 0 radical (unpaired) electrons. The molecule has 2 aliphatic carbocycles. The van der Waals surface area contributed by atoms with Crippen molar-refractivity contribution in [3.05, 3.63) is 130 Å². The highest BCUT2D eigenvalue weighted by molar-refractivity contribution is 5.39. The Morgan fingerprint density at radius 1 is 0.500 bits per heavy atom. The molecule has 0 aliphatic heterocycles. The van der Waals surface area contributed by atoms with E-state index < -0.39 is 0 Å². The molecule has 2 aliphatic rings. The van der Waals surface area contributed by atoms with Crippen molar-refractivity contribution in [2.75, 3.05) is 0 Å². The molecule has 0 heteroatoms. The minimum Gasteiger partial charge on any atom is -0.0696 e. The molecule has 0 spiro atoms. The summed E-state index contributed by atoms with van der Waals surface area (Å²) >= 11 is 0. The first-order valence-corrected chi connectivity index (χ1v) is 15.3. The van der Waals surface area contributed by atoms with E-state index in [1.807, 2.05) is 0 Å². The van der Waals surface area contributed by atoms with Crippen molar-refractivity contribution in [3.63, 3.8) is 0 Å². The van der Waals surface area contributed by atoms with E-state index in [-0.39, 0.29) is 0 Å². The summed E-state index contributed by atoms with van der Waals surface area (Å²) in [4.78, 5) is 0. The zero-order valence-electron chi connectivity index (χ0n) is 27.3. The first-order chi connectivity index (χ1) is 18.8. The molecule has 0 aromatic carbocycles. The van der Waals surface area contributed by atoms with Crippen LogP contribution in [0.1, 0.15) is 108 Å². The zero-order chi connectivity index (χ0) is 29.8. The van der Waals surface area contributed by atoms with Crippen LogP contribution in [-0.4, -0.2) is 0 Å². The molecule has 0 atom stereocenters. The summed E-state index contributed by atoms with van der Waals surface area (Å²) in [5.41, 5.74) is 11.7. The largest absolute Gasteiger partial charge is 0.0696 e. The van der Waals surface area contributed by atoms with Crippen molar-refractivity contribution < 1.29 is 0 Å². The van der Waals surface area contributed by atoms with Crippen LogP contribution < -0.4 is 0 Å². The maximum Gasteiger partial charge on any atom is -0.0104 e. The van der Waals surface area contributed by atoms with Gasteiger partial charge in [-0.2, -0.15) is 0 Å². The van der Waals surface area contributed by atoms with Gasteiger partial charge in [0.25, 0.3) is 0 Å². The SMILES string of the molecule is CC1=C(/C=C/C(C)=C/C=C\C(C)=C\C=C\C=C(C)\C=C\C=C(C)\C=C\C2=C(C)CCCC2(C)C)C(C)(C)CCC1. The Balaban J connectivity index is 1.89. The summed E-state index contributed by atoms with van der Waals surface area (Å²) in [6.45, 7) is 22.7. The molecular formula is C40H56. The second kappa shape index (κ2) is 15.8. The molecule has 0 fully saturated rings. The molecule has 0 nitrogen and oxygen atoms in total. The molecule has 0 aromatic heterocycles. The second-order valence-corrected chi connectivity index (χ2v) is 13.3. The molecule has 0 saturated carbocycles. The Kier molecular flexibility index (Phi) is 13.2. The van der Waals surface area contributed by atoms with Gasteiger partial charge in [-0.3, -0.25) is 0 Å². The average molecular weight is 537 g/mol. The van der Waals surface area contributed by atoms with Crippen LogP contribution in [0, 0.1) is 10.8 Å². The van der Waals surface area contributed by atoms with Crippen LogP contribution in [-0.2, 0) is 0 Å². The Labute approximate surface area is 247 Å². The highest BCUT2D eigenvalue weighted by atomic mass is 14.3. The molecule has 0 aromatic rings. The first-order valence-electron chi connectivity index (χ1n) is 15.3. The monoisotopic (exact) mass is 536 g/mol. The van der Waals surface area contributed by atoms with E-state index in [0.29, 0.717) is 10.8 Å². The molecular weight excluding hydrogens is 480 g/mol. The van der Waals surface area contributed by atoms with Gasteiger partial charge < -0.3 is 0 Å². The lowest BCUT2D eigenvalue weighted by molar-refractivity contribution is 0.376. The van der Waals surface area contributed by atoms with Gasteiger partial charge in [0.1, 0.15) is 0 Å². The standard InChI is InChI=1S/C40H56/c1-31(19-13-21-33(3)25-27-37-35(5)23-15-29-39(37,7)8)17-11-12-18-32(2)20-14-22-34(4)26-28-38-36(6)24-16-30-40(38,9)10/h11-14,17-22,25-28H,15-16,23-24,29-30H2,1-10H3/b12-11+,19-13-,20-14+,27-25+,28-26+,31-17+,32-18+,33-21+,34-22+. The average Bonchev–Trinajstić information content (AvgIpc) is 2.85. The van der Waals surface area contributed by atoms with Crippen LogP contribution in [0.4, 0.5) is 0 Å². The van der Waals surface area contributed by atoms with Crippen molar-refractivity contribution in [2.45, 2.75) is 108 Å². The number of hydrogen-bond donors (Lipinski definition) is 0. The van der Waals surface area contributed by atoms with Crippen LogP contribution in [0.15, 0.2) is 130 Å². The van der Waals surface area contributed by atoms with Crippen LogP contribution in [0.3, 0.4) is 0 Å². The fourth-order valence-electron chi connectivity index (χ4n) is 5.79. The van der Waals surface area contributed by atoms with Crippen molar-refractivity contribution in [1.29, 1.82) is 0 Å². The highest BCUT2D eigenvalue weighted by Crippen LogP contribution is 2.41. The van der Waals surface area contributed by atoms with Crippen molar-refractivity contribution in [3.8, 4) is 0 Å². The third kappa shape index (κ3) is 11.3. The van der Waals surface area contributed by atoms with Gasteiger partial charge in [0, 0.05) is 0 Å². The minimum atomic E-state index is 0.291. The lowest BCUT2D eigenvalue weighted by Gasteiger charge is -2.33. The molecule has 2 rings (SSSR count). The van der Waals surface area contributed by atoms with Gasteiger partial charge in [-0.15, -0.1) is 0 Å². The number of allylic oxidation sites excluding steroid dienone is 22. The topological polar surface area (TPSA) is 0 Å². The van der Waals surface area contributed by atoms with E-state index in [0.717, 1.165) is 0 Å². The van der Waals surface area contributed by atoms with Crippen molar-refractivity contribution in [1.82, 2.24) is 0 Å². The highest BCUT2D eigenvalue weighted by Gasteiger charge is 2.27. The maximum absolute atomic E-state index is 2.37. The van der Waals surface area contributed by atoms with Gasteiger partial charge in [-0.1, -0.05) is 146 Å². The molecule has 0 saturated heterocycles. The molecule has 40 heavy (non-hydrogen) atoms. The predicted octanol–water partition coefficient (Wildman–Crippen LogP) is 12.6. The summed E-state index contributed by atoms with van der Waals surface area (Å²) in [6, 6.07) is 0. The van der Waals surface area contributed by atoms with Crippen LogP contribution in [0.2, 0.25) is 0 Å². The molecule has 0 amide bonds. The Hall–Kier alpha value is -2.86. The van der Waals surface area contributed by atoms with Gasteiger partial charge in [-0.05, 0) is 102 Å². The third-order valence-corrected chi connectivity index (χ3v) is 8.38. The van der Waals surface area contributed by atoms with E-state index in [2.05, 4.69) is 154 Å². The van der Waals surface area contributed by atoms with Gasteiger partial charge >= 0.3 is 0 Å². The van der Waals surface area contributed by atoms with Crippen molar-refractivity contribution in [2.24, 2.45) is 10.8 Å². The maximum atomic E-state index is 2.37. The summed E-state index contributed by atoms with van der Waals surface area (Å²) < 4.78 is 0. The smallest absolute Gasteiger partial charge is 0.0104 e. The van der Waals surface area contributed by atoms with Gasteiger partial charge in [0.05, 0.1) is 0 Å². The van der Waals surface area contributed by atoms with Crippen LogP contribution in [0.25, 0.3) is 0 Å². The fraction of sp³-hybridized carbons (Fsp3) is 0.450. The van der Waals surface area contributed by atoms with Gasteiger partial charge in [0.15, 0.2) is 0 Å². The van der Waals surface area contributed by atoms with E-state index in [1.54, 1.807) is 11.1 Å². The summed E-state index contributed by atoms with van der Waals surface area (Å²) in [5, 5.41) is 0. The Morgan fingerprint density at radius 3 is 1.18 bits per heavy atom. The Bertz CT molecular complexity index is 1120. The van der Waals surface area contributed by atoms with Crippen LogP contribution >= 0.6 is 0 Å². The van der Waals surface area contributed by atoms with E-state index >= 15 is 0 Å². The summed E-state index contributed by atoms with van der Waals surface area (Å²) in [7, 11) is 0.